The number of carbonyl (C=O) groups is 2. The highest BCUT2D eigenvalue weighted by molar-refractivity contribution is 5.97. The molecule has 0 aliphatic heterocycles. The summed E-state index contributed by atoms with van der Waals surface area (Å²) in [6, 6.07) is 15.1. The Hall–Kier alpha value is -3.12. The fraction of sp³-hybridized carbons (Fsp3) is 0.304. The largest absolute Gasteiger partial charge is 0.490 e. The summed E-state index contributed by atoms with van der Waals surface area (Å²) >= 11 is 0. The molecule has 0 atom stereocenters. The third kappa shape index (κ3) is 6.76. The van der Waals surface area contributed by atoms with Crippen molar-refractivity contribution in [2.45, 2.75) is 25.4 Å². The van der Waals surface area contributed by atoms with Crippen molar-refractivity contribution in [3.8, 4) is 5.75 Å². The van der Waals surface area contributed by atoms with E-state index in [1.807, 2.05) is 36.2 Å². The normalized spacial score (nSPS) is 13.0. The third-order valence-electron chi connectivity index (χ3n) is 4.48. The molecule has 0 saturated heterocycles. The summed E-state index contributed by atoms with van der Waals surface area (Å²) in [5, 5.41) is 5.82. The van der Waals surface area contributed by atoms with Crippen LogP contribution in [0.15, 0.2) is 61.2 Å². The quantitative estimate of drug-likeness (QED) is 0.608. The molecule has 1 aliphatic carbocycles. The Morgan fingerprint density at radius 1 is 1.21 bits per heavy atom. The van der Waals surface area contributed by atoms with Crippen molar-refractivity contribution in [1.82, 2.24) is 10.2 Å². The average Bonchev–Trinajstić information content (AvgIpc) is 3.51. The van der Waals surface area contributed by atoms with E-state index >= 15 is 0 Å². The van der Waals surface area contributed by atoms with Gasteiger partial charge in [-0.1, -0.05) is 30.9 Å². The molecule has 1 saturated carbocycles. The summed E-state index contributed by atoms with van der Waals surface area (Å²) in [5.41, 5.74) is 2.27. The number of nitrogens with zero attached hydrogens (tertiary/aromatic N) is 1. The lowest BCUT2D eigenvalue weighted by molar-refractivity contribution is -0.117. The second kappa shape index (κ2) is 9.89. The lowest BCUT2D eigenvalue weighted by Crippen LogP contribution is -2.30. The SMILES string of the molecule is C=CCOc1ccc(CN(C)CC(=O)Nc2cccc(C(=O)NC3CC3)c2)cc1. The Morgan fingerprint density at radius 3 is 2.66 bits per heavy atom. The molecule has 6 nitrogen and oxygen atoms in total. The zero-order valence-corrected chi connectivity index (χ0v) is 16.7. The fourth-order valence-corrected chi connectivity index (χ4v) is 2.89. The minimum atomic E-state index is -0.127. The van der Waals surface area contributed by atoms with Crippen LogP contribution in [0.2, 0.25) is 0 Å². The number of rotatable bonds is 10. The zero-order valence-electron chi connectivity index (χ0n) is 16.7. The highest BCUT2D eigenvalue weighted by atomic mass is 16.5. The van der Waals surface area contributed by atoms with Gasteiger partial charge in [0.2, 0.25) is 5.91 Å². The Bertz CT molecular complexity index is 860. The third-order valence-corrected chi connectivity index (χ3v) is 4.48. The highest BCUT2D eigenvalue weighted by Gasteiger charge is 2.23. The van der Waals surface area contributed by atoms with Gasteiger partial charge in [0.15, 0.2) is 0 Å². The first-order valence-corrected chi connectivity index (χ1v) is 9.75. The topological polar surface area (TPSA) is 70.7 Å². The molecule has 0 spiro atoms. The fourth-order valence-electron chi connectivity index (χ4n) is 2.89. The standard InChI is InChI=1S/C23H27N3O3/c1-3-13-29-21-11-7-17(8-12-21)15-26(2)16-22(27)24-20-6-4-5-18(14-20)23(28)25-19-9-10-19/h3-8,11-12,14,19H,1,9-10,13,15-16H2,2H3,(H,24,27)(H,25,28). The highest BCUT2D eigenvalue weighted by Crippen LogP contribution is 2.20. The first kappa shape index (κ1) is 20.6. The van der Waals surface area contributed by atoms with Gasteiger partial charge in [-0.15, -0.1) is 0 Å². The van der Waals surface area contributed by atoms with Crippen molar-refractivity contribution in [1.29, 1.82) is 0 Å². The minimum absolute atomic E-state index is 0.0961. The molecule has 3 rings (SSSR count). The molecule has 0 unspecified atom stereocenters. The second-order valence-electron chi connectivity index (χ2n) is 7.29. The Kier molecular flexibility index (Phi) is 7.03. The van der Waals surface area contributed by atoms with Gasteiger partial charge in [-0.05, 0) is 55.8 Å². The van der Waals surface area contributed by atoms with Crippen molar-refractivity contribution in [2.75, 3.05) is 25.5 Å². The molecular formula is C23H27N3O3. The molecule has 0 heterocycles. The van der Waals surface area contributed by atoms with Crippen molar-refractivity contribution in [3.05, 3.63) is 72.3 Å². The molecular weight excluding hydrogens is 366 g/mol. The van der Waals surface area contributed by atoms with Gasteiger partial charge < -0.3 is 15.4 Å². The molecule has 0 aromatic heterocycles. The summed E-state index contributed by atoms with van der Waals surface area (Å²) in [6.07, 6.45) is 3.79. The van der Waals surface area contributed by atoms with Crippen molar-refractivity contribution in [3.63, 3.8) is 0 Å². The van der Waals surface area contributed by atoms with Crippen molar-refractivity contribution >= 4 is 17.5 Å². The molecule has 2 aromatic rings. The van der Waals surface area contributed by atoms with Crippen LogP contribution in [0.25, 0.3) is 0 Å². The second-order valence-corrected chi connectivity index (χ2v) is 7.29. The number of hydrogen-bond acceptors (Lipinski definition) is 4. The van der Waals surface area contributed by atoms with Gasteiger partial charge in [0.25, 0.3) is 5.91 Å². The van der Waals surface area contributed by atoms with Crippen LogP contribution >= 0.6 is 0 Å². The first-order chi connectivity index (χ1) is 14.0. The molecule has 0 bridgehead atoms. The van der Waals surface area contributed by atoms with E-state index in [-0.39, 0.29) is 18.4 Å². The van der Waals surface area contributed by atoms with E-state index in [0.717, 1.165) is 24.2 Å². The first-order valence-electron chi connectivity index (χ1n) is 9.75. The smallest absolute Gasteiger partial charge is 0.251 e. The monoisotopic (exact) mass is 393 g/mol. The number of carbonyl (C=O) groups excluding carboxylic acids is 2. The van der Waals surface area contributed by atoms with E-state index in [1.54, 1.807) is 30.3 Å². The van der Waals surface area contributed by atoms with Crippen LogP contribution in [0, 0.1) is 0 Å². The molecule has 6 heteroatoms. The van der Waals surface area contributed by atoms with Gasteiger partial charge >= 0.3 is 0 Å². The number of benzene rings is 2. The minimum Gasteiger partial charge on any atom is -0.490 e. The van der Waals surface area contributed by atoms with E-state index in [2.05, 4.69) is 17.2 Å². The predicted octanol–water partition coefficient (Wildman–Crippen LogP) is 3.21. The molecule has 1 fully saturated rings. The van der Waals surface area contributed by atoms with Gasteiger partial charge in [-0.3, -0.25) is 14.5 Å². The molecule has 1 aliphatic rings. The summed E-state index contributed by atoms with van der Waals surface area (Å²) in [7, 11) is 1.89. The van der Waals surface area contributed by atoms with E-state index < -0.39 is 0 Å². The lowest BCUT2D eigenvalue weighted by atomic mass is 10.2. The van der Waals surface area contributed by atoms with Gasteiger partial charge in [0.1, 0.15) is 12.4 Å². The number of ether oxygens (including phenoxy) is 1. The summed E-state index contributed by atoms with van der Waals surface area (Å²) in [5.74, 6) is 0.569. The lowest BCUT2D eigenvalue weighted by Gasteiger charge is -2.17. The van der Waals surface area contributed by atoms with Crippen molar-refractivity contribution < 1.29 is 14.3 Å². The molecule has 29 heavy (non-hydrogen) atoms. The van der Waals surface area contributed by atoms with E-state index in [1.165, 1.54) is 0 Å². The van der Waals surface area contributed by atoms with Crippen LogP contribution in [0.4, 0.5) is 5.69 Å². The van der Waals surface area contributed by atoms with E-state index in [0.29, 0.717) is 30.4 Å². The maximum atomic E-state index is 12.4. The van der Waals surface area contributed by atoms with Crippen LogP contribution in [-0.2, 0) is 11.3 Å². The molecule has 152 valence electrons. The van der Waals surface area contributed by atoms with Crippen LogP contribution in [0.3, 0.4) is 0 Å². The van der Waals surface area contributed by atoms with E-state index in [9.17, 15) is 9.59 Å². The van der Waals surface area contributed by atoms with Gasteiger partial charge in [0.05, 0.1) is 6.54 Å². The van der Waals surface area contributed by atoms with Crippen LogP contribution in [-0.4, -0.2) is 43.0 Å². The number of amides is 2. The number of likely N-dealkylation sites (N-methyl/N-ethyl adjacent to an activating group) is 1. The Morgan fingerprint density at radius 2 is 1.97 bits per heavy atom. The average molecular weight is 393 g/mol. The van der Waals surface area contributed by atoms with Crippen LogP contribution in [0.1, 0.15) is 28.8 Å². The summed E-state index contributed by atoms with van der Waals surface area (Å²) in [6.45, 7) is 4.98. The Labute approximate surface area is 171 Å². The van der Waals surface area contributed by atoms with Crippen LogP contribution < -0.4 is 15.4 Å². The summed E-state index contributed by atoms with van der Waals surface area (Å²) in [4.78, 5) is 26.5. The number of hydrogen-bond donors (Lipinski definition) is 2. The maximum Gasteiger partial charge on any atom is 0.251 e. The number of anilines is 1. The van der Waals surface area contributed by atoms with Gasteiger partial charge in [-0.2, -0.15) is 0 Å². The molecule has 2 aromatic carbocycles. The van der Waals surface area contributed by atoms with Gasteiger partial charge in [-0.25, -0.2) is 0 Å². The van der Waals surface area contributed by atoms with Crippen molar-refractivity contribution in [2.24, 2.45) is 0 Å². The predicted molar refractivity (Wildman–Crippen MR) is 114 cm³/mol. The summed E-state index contributed by atoms with van der Waals surface area (Å²) < 4.78 is 5.47. The van der Waals surface area contributed by atoms with Gasteiger partial charge in [0, 0.05) is 23.8 Å². The molecule has 2 N–H and O–H groups in total. The maximum absolute atomic E-state index is 12.4. The zero-order chi connectivity index (χ0) is 20.6. The Balaban J connectivity index is 1.48. The van der Waals surface area contributed by atoms with E-state index in [4.69, 9.17) is 4.74 Å². The molecule has 0 radical (unpaired) electrons. The number of nitrogens with one attached hydrogen (secondary N) is 2. The molecule has 2 amide bonds. The van der Waals surface area contributed by atoms with Crippen LogP contribution in [0.5, 0.6) is 5.75 Å².